The van der Waals surface area contributed by atoms with Crippen molar-refractivity contribution in [1.29, 1.82) is 0 Å². The van der Waals surface area contributed by atoms with Crippen molar-refractivity contribution in [2.24, 2.45) is 0 Å². The molecule has 0 atom stereocenters. The highest BCUT2D eigenvalue weighted by molar-refractivity contribution is 7.89. The van der Waals surface area contributed by atoms with Gasteiger partial charge in [-0.1, -0.05) is 11.6 Å². The molecule has 8 heteroatoms. The second kappa shape index (κ2) is 5.64. The summed E-state index contributed by atoms with van der Waals surface area (Å²) in [5.41, 5.74) is 5.88. The highest BCUT2D eigenvalue weighted by Crippen LogP contribution is 2.22. The summed E-state index contributed by atoms with van der Waals surface area (Å²) in [6.07, 6.45) is 0. The van der Waals surface area contributed by atoms with E-state index in [-0.39, 0.29) is 10.6 Å². The minimum Gasteiger partial charge on any atom is -0.397 e. The molecular formula is C11H17ClN4O2S. The molecule has 0 spiro atoms. The van der Waals surface area contributed by atoms with E-state index in [4.69, 9.17) is 17.3 Å². The van der Waals surface area contributed by atoms with Crippen LogP contribution >= 0.6 is 11.6 Å². The van der Waals surface area contributed by atoms with Crippen molar-refractivity contribution in [3.8, 4) is 0 Å². The molecule has 1 heterocycles. The zero-order valence-corrected chi connectivity index (χ0v) is 12.2. The fraction of sp³-hybridized carbons (Fsp3) is 0.455. The minimum absolute atomic E-state index is 0.119. The maximum atomic E-state index is 12.2. The van der Waals surface area contributed by atoms with Gasteiger partial charge in [-0.2, -0.15) is 0 Å². The summed E-state index contributed by atoms with van der Waals surface area (Å²) in [4.78, 5) is 4.82. The Kier molecular flexibility index (Phi) is 4.32. The van der Waals surface area contributed by atoms with Crippen LogP contribution in [0.15, 0.2) is 23.1 Å². The van der Waals surface area contributed by atoms with Gasteiger partial charge in [-0.3, -0.25) is 0 Å². The first kappa shape index (κ1) is 14.5. The first-order chi connectivity index (χ1) is 8.88. The SMILES string of the molecule is CN1CCN(NS(=O)(=O)c2ccc(Cl)c(N)c2)CC1. The van der Waals surface area contributed by atoms with Crippen molar-refractivity contribution >= 4 is 27.3 Å². The number of piperazine rings is 1. The number of nitrogens with one attached hydrogen (secondary N) is 1. The molecule has 1 aliphatic rings. The zero-order valence-electron chi connectivity index (χ0n) is 10.6. The number of nitrogens with zero attached hydrogens (tertiary/aromatic N) is 2. The molecule has 106 valence electrons. The maximum Gasteiger partial charge on any atom is 0.253 e. The summed E-state index contributed by atoms with van der Waals surface area (Å²) in [7, 11) is -1.59. The third kappa shape index (κ3) is 3.58. The van der Waals surface area contributed by atoms with Crippen molar-refractivity contribution in [2.45, 2.75) is 4.90 Å². The van der Waals surface area contributed by atoms with Gasteiger partial charge in [0.2, 0.25) is 0 Å². The molecule has 6 nitrogen and oxygen atoms in total. The van der Waals surface area contributed by atoms with E-state index >= 15 is 0 Å². The largest absolute Gasteiger partial charge is 0.397 e. The minimum atomic E-state index is -3.60. The fourth-order valence-electron chi connectivity index (χ4n) is 1.81. The number of sulfonamides is 1. The lowest BCUT2D eigenvalue weighted by molar-refractivity contribution is 0.135. The number of anilines is 1. The van der Waals surface area contributed by atoms with E-state index in [0.717, 1.165) is 13.1 Å². The number of nitrogens with two attached hydrogens (primary N) is 1. The summed E-state index contributed by atoms with van der Waals surface area (Å²) in [6.45, 7) is 2.95. The predicted molar refractivity (Wildman–Crippen MR) is 75.3 cm³/mol. The molecule has 0 saturated carbocycles. The van der Waals surface area contributed by atoms with Gasteiger partial charge in [0.05, 0.1) is 15.6 Å². The molecule has 1 aliphatic heterocycles. The normalized spacial score (nSPS) is 18.6. The Labute approximate surface area is 118 Å². The number of rotatable bonds is 3. The Morgan fingerprint density at radius 3 is 2.47 bits per heavy atom. The molecule has 2 rings (SSSR count). The summed E-state index contributed by atoms with van der Waals surface area (Å²) >= 11 is 5.78. The van der Waals surface area contributed by atoms with E-state index in [1.54, 1.807) is 5.01 Å². The van der Waals surface area contributed by atoms with Gasteiger partial charge in [0, 0.05) is 26.2 Å². The van der Waals surface area contributed by atoms with Gasteiger partial charge in [-0.15, -0.1) is 4.83 Å². The molecule has 1 saturated heterocycles. The van der Waals surface area contributed by atoms with Crippen LogP contribution in [0.25, 0.3) is 0 Å². The second-order valence-corrected chi connectivity index (χ2v) is 6.64. The van der Waals surface area contributed by atoms with E-state index in [9.17, 15) is 8.42 Å². The van der Waals surface area contributed by atoms with Gasteiger partial charge in [-0.25, -0.2) is 13.4 Å². The first-order valence-electron chi connectivity index (χ1n) is 5.89. The standard InChI is InChI=1S/C11H17ClN4O2S/c1-15-4-6-16(7-5-15)14-19(17,18)9-2-3-10(12)11(13)8-9/h2-3,8,14H,4-7,13H2,1H3. The Morgan fingerprint density at radius 1 is 1.26 bits per heavy atom. The molecule has 0 unspecified atom stereocenters. The van der Waals surface area contributed by atoms with Crippen LogP contribution in [0.1, 0.15) is 0 Å². The number of nitrogen functional groups attached to an aromatic ring is 1. The third-order valence-corrected chi connectivity index (χ3v) is 4.75. The van der Waals surface area contributed by atoms with Crippen molar-refractivity contribution in [1.82, 2.24) is 14.7 Å². The summed E-state index contributed by atoms with van der Waals surface area (Å²) in [5.74, 6) is 0. The van der Waals surface area contributed by atoms with E-state index in [2.05, 4.69) is 9.73 Å². The second-order valence-electron chi connectivity index (χ2n) is 4.57. The summed E-state index contributed by atoms with van der Waals surface area (Å²) < 4.78 is 24.4. The van der Waals surface area contributed by atoms with Crippen molar-refractivity contribution < 1.29 is 8.42 Å². The van der Waals surface area contributed by atoms with Crippen LogP contribution < -0.4 is 10.6 Å². The number of benzene rings is 1. The van der Waals surface area contributed by atoms with Crippen LogP contribution in [0.3, 0.4) is 0 Å². The maximum absolute atomic E-state index is 12.2. The highest BCUT2D eigenvalue weighted by atomic mass is 35.5. The van der Waals surface area contributed by atoms with Crippen LogP contribution in [0.5, 0.6) is 0 Å². The molecule has 0 bridgehead atoms. The molecule has 19 heavy (non-hydrogen) atoms. The monoisotopic (exact) mass is 304 g/mol. The molecule has 1 fully saturated rings. The van der Waals surface area contributed by atoms with Crippen LogP contribution in [0, 0.1) is 0 Å². The van der Waals surface area contributed by atoms with Gasteiger partial charge < -0.3 is 10.6 Å². The van der Waals surface area contributed by atoms with Crippen molar-refractivity contribution in [3.05, 3.63) is 23.2 Å². The number of halogens is 1. The fourth-order valence-corrected chi connectivity index (χ4v) is 3.08. The summed E-state index contributed by atoms with van der Waals surface area (Å²) in [5, 5.41) is 2.04. The van der Waals surface area contributed by atoms with Crippen molar-refractivity contribution in [2.75, 3.05) is 39.0 Å². The van der Waals surface area contributed by atoms with E-state index in [0.29, 0.717) is 18.1 Å². The lowest BCUT2D eigenvalue weighted by atomic mass is 10.3. The first-order valence-corrected chi connectivity index (χ1v) is 7.75. The molecule has 0 aliphatic carbocycles. The Morgan fingerprint density at radius 2 is 1.89 bits per heavy atom. The molecular weight excluding hydrogens is 288 g/mol. The number of likely N-dealkylation sites (N-methyl/N-ethyl adjacent to an activating group) is 1. The molecule has 0 radical (unpaired) electrons. The number of hydrazine groups is 1. The average molecular weight is 305 g/mol. The molecule has 0 aromatic heterocycles. The number of hydrogen-bond acceptors (Lipinski definition) is 5. The van der Waals surface area contributed by atoms with Crippen LogP contribution in [-0.4, -0.2) is 51.6 Å². The van der Waals surface area contributed by atoms with Gasteiger partial charge >= 0.3 is 0 Å². The quantitative estimate of drug-likeness (QED) is 0.789. The lowest BCUT2D eigenvalue weighted by Crippen LogP contribution is -2.52. The van der Waals surface area contributed by atoms with Gasteiger partial charge in [-0.05, 0) is 25.2 Å². The molecule has 3 N–H and O–H groups in total. The average Bonchev–Trinajstić information content (AvgIpc) is 2.35. The Hall–Kier alpha value is -0.860. The zero-order chi connectivity index (χ0) is 14.0. The molecule has 0 amide bonds. The van der Waals surface area contributed by atoms with Gasteiger partial charge in [0.15, 0.2) is 0 Å². The molecule has 1 aromatic rings. The van der Waals surface area contributed by atoms with E-state index < -0.39 is 10.0 Å². The van der Waals surface area contributed by atoms with Gasteiger partial charge in [0.1, 0.15) is 0 Å². The lowest BCUT2D eigenvalue weighted by Gasteiger charge is -2.32. The van der Waals surface area contributed by atoms with E-state index in [1.165, 1.54) is 18.2 Å². The van der Waals surface area contributed by atoms with Crippen LogP contribution in [0.4, 0.5) is 5.69 Å². The third-order valence-electron chi connectivity index (χ3n) is 3.03. The highest BCUT2D eigenvalue weighted by Gasteiger charge is 2.21. The predicted octanol–water partition coefficient (Wildman–Crippen LogP) is 0.363. The van der Waals surface area contributed by atoms with Crippen LogP contribution in [-0.2, 0) is 10.0 Å². The molecule has 1 aromatic carbocycles. The topological polar surface area (TPSA) is 78.7 Å². The Balaban J connectivity index is 2.11. The van der Waals surface area contributed by atoms with Gasteiger partial charge in [0.25, 0.3) is 10.0 Å². The number of hydrogen-bond donors (Lipinski definition) is 2. The smallest absolute Gasteiger partial charge is 0.253 e. The van der Waals surface area contributed by atoms with E-state index in [1.807, 2.05) is 7.05 Å². The Bertz CT molecular complexity index is 556. The summed E-state index contributed by atoms with van der Waals surface area (Å²) in [6, 6.07) is 4.28. The van der Waals surface area contributed by atoms with Crippen molar-refractivity contribution in [3.63, 3.8) is 0 Å². The van der Waals surface area contributed by atoms with Crippen LogP contribution in [0.2, 0.25) is 5.02 Å².